The number of amides is 1. The molecule has 0 aliphatic carbocycles. The largest absolute Gasteiger partial charge is 0.340 e. The maximum atomic E-state index is 12.5. The number of thiol groups is 2. The number of thiocarbonyl (C=S) groups is 2. The summed E-state index contributed by atoms with van der Waals surface area (Å²) in [6.45, 7) is 0.666. The van der Waals surface area contributed by atoms with Crippen LogP contribution in [0.5, 0.6) is 0 Å². The van der Waals surface area contributed by atoms with Gasteiger partial charge in [0.2, 0.25) is 0 Å². The summed E-state index contributed by atoms with van der Waals surface area (Å²) in [5.41, 5.74) is 0. The first-order valence-corrected chi connectivity index (χ1v) is 7.26. The lowest BCUT2D eigenvalue weighted by Crippen LogP contribution is -2.55. The summed E-state index contributed by atoms with van der Waals surface area (Å²) < 4.78 is 0.218. The molecule has 1 aromatic rings. The van der Waals surface area contributed by atoms with Crippen LogP contribution in [0, 0.1) is 0 Å². The number of carbonyl (C=O) groups is 1. The van der Waals surface area contributed by atoms with Gasteiger partial charge < -0.3 is 4.98 Å². The van der Waals surface area contributed by atoms with E-state index in [2.05, 4.69) is 35.2 Å². The molecule has 0 saturated carbocycles. The summed E-state index contributed by atoms with van der Waals surface area (Å²) in [5.74, 6) is -0.328. The van der Waals surface area contributed by atoms with Crippen molar-refractivity contribution >= 4 is 64.2 Å². The van der Waals surface area contributed by atoms with E-state index in [-0.39, 0.29) is 14.5 Å². The quantitative estimate of drug-likeness (QED) is 0.430. The Kier molecular flexibility index (Phi) is 5.02. The highest BCUT2D eigenvalue weighted by Crippen LogP contribution is 2.18. The summed E-state index contributed by atoms with van der Waals surface area (Å²) in [4.78, 5) is 19.1. The predicted molar refractivity (Wildman–Crippen MR) is 90.2 cm³/mol. The molecule has 1 aromatic heterocycles. The Labute approximate surface area is 137 Å². The summed E-state index contributed by atoms with van der Waals surface area (Å²) in [7, 11) is 0. The molecule has 1 aliphatic heterocycles. The Morgan fingerprint density at radius 3 is 2.60 bits per heavy atom. The van der Waals surface area contributed by atoms with Crippen molar-refractivity contribution in [3.05, 3.63) is 30.5 Å². The molecule has 0 unspecified atom stereocenters. The fourth-order valence-electron chi connectivity index (χ4n) is 1.68. The van der Waals surface area contributed by atoms with Crippen LogP contribution in [0.1, 0.15) is 17.0 Å². The lowest BCUT2D eigenvalue weighted by molar-refractivity contribution is -0.0196. The van der Waals surface area contributed by atoms with Gasteiger partial charge in [-0.25, -0.2) is 4.98 Å². The number of carbonyl (C=O) groups excluding carboxylic acids is 1. The van der Waals surface area contributed by atoms with Gasteiger partial charge in [0, 0.05) is 25.1 Å². The number of nitrogens with zero attached hydrogens (tertiary/aromatic N) is 4. The van der Waals surface area contributed by atoms with Crippen LogP contribution in [0.25, 0.3) is 0 Å². The first kappa shape index (κ1) is 15.3. The summed E-state index contributed by atoms with van der Waals surface area (Å²) >= 11 is 18.4. The molecule has 1 amide bonds. The van der Waals surface area contributed by atoms with Crippen molar-refractivity contribution in [2.45, 2.75) is 6.42 Å². The van der Waals surface area contributed by atoms with Crippen LogP contribution in [0.3, 0.4) is 0 Å². The van der Waals surface area contributed by atoms with E-state index >= 15 is 0 Å². The number of hydrazine groups is 2. The molecule has 6 nitrogen and oxygen atoms in total. The molecule has 0 radical (unpaired) electrons. The number of imidazole rings is 1. The molecule has 0 atom stereocenters. The summed E-state index contributed by atoms with van der Waals surface area (Å²) in [6, 6.07) is 0. The molecule has 2 heterocycles. The third kappa shape index (κ3) is 3.14. The minimum atomic E-state index is -0.466. The van der Waals surface area contributed by atoms with Gasteiger partial charge in [-0.15, -0.1) is 25.3 Å². The van der Waals surface area contributed by atoms with E-state index in [4.69, 9.17) is 24.4 Å². The Balaban J connectivity index is 2.34. The SMILES string of the molecule is O=C(c1ncc[nH]1)N(C(=S)S)N(C(=S)S)N1C=CCC1. The summed E-state index contributed by atoms with van der Waals surface area (Å²) in [5, 5.41) is 4.27. The van der Waals surface area contributed by atoms with E-state index < -0.39 is 5.91 Å². The van der Waals surface area contributed by atoms with Crippen molar-refractivity contribution < 1.29 is 4.79 Å². The van der Waals surface area contributed by atoms with E-state index in [9.17, 15) is 4.79 Å². The molecule has 0 fully saturated rings. The Morgan fingerprint density at radius 1 is 1.40 bits per heavy atom. The third-order valence-electron chi connectivity index (χ3n) is 2.48. The molecule has 106 valence electrons. The number of hydrogen-bond donors (Lipinski definition) is 3. The number of rotatable bonds is 2. The zero-order chi connectivity index (χ0) is 14.7. The molecule has 1 N–H and O–H groups in total. The Morgan fingerprint density at radius 2 is 2.15 bits per heavy atom. The van der Waals surface area contributed by atoms with Crippen LogP contribution in [0.2, 0.25) is 0 Å². The molecule has 0 spiro atoms. The highest BCUT2D eigenvalue weighted by Gasteiger charge is 2.31. The van der Waals surface area contributed by atoms with E-state index in [1.165, 1.54) is 11.3 Å². The summed E-state index contributed by atoms with van der Waals surface area (Å²) in [6.07, 6.45) is 7.63. The molecule has 10 heteroatoms. The van der Waals surface area contributed by atoms with Gasteiger partial charge in [0.15, 0.2) is 14.5 Å². The van der Waals surface area contributed by atoms with Crippen LogP contribution in [-0.2, 0) is 0 Å². The van der Waals surface area contributed by atoms with Crippen molar-refractivity contribution in [1.82, 2.24) is 25.1 Å². The molecule has 2 rings (SSSR count). The highest BCUT2D eigenvalue weighted by atomic mass is 32.1. The second-order valence-electron chi connectivity index (χ2n) is 3.75. The van der Waals surface area contributed by atoms with Gasteiger partial charge >= 0.3 is 5.91 Å². The van der Waals surface area contributed by atoms with Crippen molar-refractivity contribution in [3.63, 3.8) is 0 Å². The maximum absolute atomic E-state index is 12.5. The lowest BCUT2D eigenvalue weighted by Gasteiger charge is -2.38. The topological polar surface area (TPSA) is 55.5 Å². The standard InChI is InChI=1S/C10H11N5OS4/c16-8(7-11-3-4-12-7)14(9(17)18)15(10(19)20)13-5-1-2-6-13/h1,3-5H,2,6H2,(H,11,12)(H,17,18)(H,19,20). The zero-order valence-corrected chi connectivity index (χ0v) is 13.6. The van der Waals surface area contributed by atoms with Gasteiger partial charge in [0.05, 0.1) is 0 Å². The molecular weight excluding hydrogens is 334 g/mol. The van der Waals surface area contributed by atoms with E-state index in [0.29, 0.717) is 6.54 Å². The minimum Gasteiger partial charge on any atom is -0.340 e. The van der Waals surface area contributed by atoms with Crippen molar-refractivity contribution in [3.8, 4) is 0 Å². The highest BCUT2D eigenvalue weighted by molar-refractivity contribution is 8.11. The maximum Gasteiger partial charge on any atom is 0.315 e. The number of aromatic amines is 1. The van der Waals surface area contributed by atoms with Gasteiger partial charge in [-0.3, -0.25) is 9.80 Å². The monoisotopic (exact) mass is 345 g/mol. The number of hydrogen-bond acceptors (Lipinski definition) is 5. The minimum absolute atomic E-state index is 0.0445. The van der Waals surface area contributed by atoms with Crippen LogP contribution in [0.15, 0.2) is 24.7 Å². The molecular formula is C10H11N5OS4. The number of nitrogens with one attached hydrogen (secondary N) is 1. The molecule has 20 heavy (non-hydrogen) atoms. The van der Waals surface area contributed by atoms with E-state index in [1.807, 2.05) is 6.08 Å². The molecule has 0 aromatic carbocycles. The molecule has 0 saturated heterocycles. The predicted octanol–water partition coefficient (Wildman–Crippen LogP) is 1.63. The van der Waals surface area contributed by atoms with Gasteiger partial charge in [0.25, 0.3) is 0 Å². The second-order valence-corrected chi connectivity index (χ2v) is 5.97. The van der Waals surface area contributed by atoms with Gasteiger partial charge in [-0.05, 0) is 18.6 Å². The fourth-order valence-corrected chi connectivity index (χ4v) is 2.41. The third-order valence-corrected chi connectivity index (χ3v) is 3.19. The number of H-pyrrole nitrogens is 1. The number of aromatic nitrogens is 2. The smallest absolute Gasteiger partial charge is 0.315 e. The van der Waals surface area contributed by atoms with Gasteiger partial charge in [0.1, 0.15) is 0 Å². The van der Waals surface area contributed by atoms with E-state index in [0.717, 1.165) is 11.4 Å². The fraction of sp³-hybridized carbons (Fsp3) is 0.200. The van der Waals surface area contributed by atoms with E-state index in [1.54, 1.807) is 17.4 Å². The van der Waals surface area contributed by atoms with Crippen molar-refractivity contribution in [1.29, 1.82) is 0 Å². The average Bonchev–Trinajstić information content (AvgIpc) is 3.06. The first-order chi connectivity index (χ1) is 9.52. The van der Waals surface area contributed by atoms with Crippen LogP contribution >= 0.6 is 49.7 Å². The van der Waals surface area contributed by atoms with Crippen LogP contribution < -0.4 is 0 Å². The van der Waals surface area contributed by atoms with Crippen molar-refractivity contribution in [2.75, 3.05) is 6.54 Å². The second kappa shape index (κ2) is 6.57. The van der Waals surface area contributed by atoms with Gasteiger partial charge in [-0.2, -0.15) is 10.1 Å². The van der Waals surface area contributed by atoms with Crippen molar-refractivity contribution in [2.24, 2.45) is 0 Å². The lowest BCUT2D eigenvalue weighted by atomic mass is 10.5. The first-order valence-electron chi connectivity index (χ1n) is 5.55. The zero-order valence-electron chi connectivity index (χ0n) is 10.1. The Hall–Kier alpha value is -1.10. The molecule has 1 aliphatic rings. The molecule has 0 bridgehead atoms. The normalized spacial score (nSPS) is 13.4. The van der Waals surface area contributed by atoms with Crippen LogP contribution in [-0.4, -0.2) is 46.2 Å². The van der Waals surface area contributed by atoms with Crippen LogP contribution in [0.4, 0.5) is 0 Å². The van der Waals surface area contributed by atoms with Gasteiger partial charge in [-0.1, -0.05) is 18.3 Å². The average molecular weight is 346 g/mol. The Bertz CT molecular complexity index is 558.